The molecule has 1 aromatic rings. The molecule has 1 aromatic heterocycles. The van der Waals surface area contributed by atoms with E-state index in [1.807, 2.05) is 14.0 Å². The van der Waals surface area contributed by atoms with Crippen LogP contribution in [0.4, 0.5) is 5.82 Å². The van der Waals surface area contributed by atoms with Crippen molar-refractivity contribution in [3.63, 3.8) is 0 Å². The number of hydrogen-bond donors (Lipinski definition) is 1. The Labute approximate surface area is 120 Å². The summed E-state index contributed by atoms with van der Waals surface area (Å²) in [5.41, 5.74) is 5.75. The van der Waals surface area contributed by atoms with Crippen LogP contribution in [-0.2, 0) is 16.6 Å². The molecule has 1 unspecified atom stereocenters. The van der Waals surface area contributed by atoms with Crippen LogP contribution in [0.2, 0.25) is 0 Å². The van der Waals surface area contributed by atoms with Crippen LogP contribution in [0, 0.1) is 0 Å². The average Bonchev–Trinajstić information content (AvgIpc) is 2.80. The Kier molecular flexibility index (Phi) is 4.36. The molecule has 2 heterocycles. The highest BCUT2D eigenvalue weighted by molar-refractivity contribution is 7.89. The van der Waals surface area contributed by atoms with Gasteiger partial charge in [-0.2, -0.15) is 9.40 Å². The maximum atomic E-state index is 12.7. The van der Waals surface area contributed by atoms with Crippen molar-refractivity contribution in [3.8, 4) is 0 Å². The summed E-state index contributed by atoms with van der Waals surface area (Å²) in [7, 11) is 0.0532. The van der Waals surface area contributed by atoms with E-state index in [1.165, 1.54) is 10.5 Å². The van der Waals surface area contributed by atoms with E-state index in [9.17, 15) is 8.42 Å². The van der Waals surface area contributed by atoms with Gasteiger partial charge in [0, 0.05) is 32.4 Å². The smallest absolute Gasteiger partial charge is 0.248 e. The van der Waals surface area contributed by atoms with Crippen LogP contribution >= 0.6 is 0 Å². The molecule has 0 radical (unpaired) electrons. The molecule has 0 aromatic carbocycles. The number of likely N-dealkylation sites (tertiary alicyclic amines) is 1. The van der Waals surface area contributed by atoms with Crippen molar-refractivity contribution in [2.24, 2.45) is 0 Å². The highest BCUT2D eigenvalue weighted by atomic mass is 32.2. The van der Waals surface area contributed by atoms with E-state index in [4.69, 9.17) is 5.73 Å². The second kappa shape index (κ2) is 5.71. The third kappa shape index (κ3) is 2.82. The fourth-order valence-corrected chi connectivity index (χ4v) is 4.00. The molecule has 0 aliphatic carbocycles. The number of piperidine rings is 1. The number of rotatable bonds is 4. The van der Waals surface area contributed by atoms with Crippen LogP contribution in [0.5, 0.6) is 0 Å². The first-order valence-electron chi connectivity index (χ1n) is 6.85. The number of sulfonamides is 1. The van der Waals surface area contributed by atoms with Gasteiger partial charge in [0.15, 0.2) is 5.82 Å². The molecule has 1 aliphatic heterocycles. The van der Waals surface area contributed by atoms with Gasteiger partial charge < -0.3 is 10.6 Å². The molecule has 2 N–H and O–H groups in total. The maximum Gasteiger partial charge on any atom is 0.248 e. The van der Waals surface area contributed by atoms with Crippen LogP contribution in [-0.4, -0.2) is 60.6 Å². The summed E-state index contributed by atoms with van der Waals surface area (Å²) in [5, 5.41) is 4.02. The molecule has 20 heavy (non-hydrogen) atoms. The highest BCUT2D eigenvalue weighted by Crippen LogP contribution is 2.24. The summed E-state index contributed by atoms with van der Waals surface area (Å²) in [4.78, 5) is 2.26. The predicted molar refractivity (Wildman–Crippen MR) is 77.8 cm³/mol. The molecule has 1 saturated heterocycles. The molecular formula is C12H23N5O2S. The Morgan fingerprint density at radius 1 is 1.55 bits per heavy atom. The van der Waals surface area contributed by atoms with Crippen LogP contribution < -0.4 is 5.73 Å². The number of anilines is 1. The van der Waals surface area contributed by atoms with Crippen LogP contribution in [0.15, 0.2) is 11.1 Å². The normalized spacial score (nSPS) is 21.5. The summed E-state index contributed by atoms with van der Waals surface area (Å²) in [5.74, 6) is 0.0721. The van der Waals surface area contributed by atoms with Crippen molar-refractivity contribution in [1.29, 1.82) is 0 Å². The Hall–Kier alpha value is -1.12. The van der Waals surface area contributed by atoms with Crippen molar-refractivity contribution >= 4 is 15.8 Å². The minimum Gasteiger partial charge on any atom is -0.381 e. The third-order valence-corrected chi connectivity index (χ3v) is 5.78. The third-order valence-electron chi connectivity index (χ3n) is 3.85. The zero-order chi connectivity index (χ0) is 14.9. The average molecular weight is 301 g/mol. The Balaban J connectivity index is 2.26. The van der Waals surface area contributed by atoms with Gasteiger partial charge in [0.05, 0.1) is 0 Å². The molecule has 1 fully saturated rings. The van der Waals surface area contributed by atoms with E-state index >= 15 is 0 Å². The zero-order valence-electron chi connectivity index (χ0n) is 12.3. The topological polar surface area (TPSA) is 84.5 Å². The van der Waals surface area contributed by atoms with Gasteiger partial charge in [0.1, 0.15) is 4.90 Å². The SMILES string of the molecule is CCn1cc(S(=O)(=O)N(C)C2CCCN(C)C2)c(N)n1. The van der Waals surface area contributed by atoms with Gasteiger partial charge >= 0.3 is 0 Å². The molecule has 1 aliphatic rings. The van der Waals surface area contributed by atoms with Gasteiger partial charge in [-0.15, -0.1) is 0 Å². The standard InChI is InChI=1S/C12H23N5O2S/c1-4-17-9-11(12(13)14-17)20(18,19)16(3)10-6-5-7-15(2)8-10/h9-10H,4-8H2,1-3H3,(H2,13,14). The van der Waals surface area contributed by atoms with Gasteiger partial charge in [-0.3, -0.25) is 4.68 Å². The van der Waals surface area contributed by atoms with Gasteiger partial charge in [0.2, 0.25) is 10.0 Å². The molecule has 0 bridgehead atoms. The fourth-order valence-electron chi connectivity index (χ4n) is 2.57. The number of likely N-dealkylation sites (N-methyl/N-ethyl adjacent to an activating group) is 2. The van der Waals surface area contributed by atoms with E-state index in [-0.39, 0.29) is 16.8 Å². The first-order valence-corrected chi connectivity index (χ1v) is 8.29. The van der Waals surface area contributed by atoms with Crippen molar-refractivity contribution in [3.05, 3.63) is 6.20 Å². The Morgan fingerprint density at radius 2 is 2.25 bits per heavy atom. The van der Waals surface area contributed by atoms with Gasteiger partial charge in [-0.1, -0.05) is 0 Å². The van der Waals surface area contributed by atoms with E-state index in [1.54, 1.807) is 11.7 Å². The van der Waals surface area contributed by atoms with Crippen LogP contribution in [0.25, 0.3) is 0 Å². The van der Waals surface area contributed by atoms with Gasteiger partial charge in [0.25, 0.3) is 0 Å². The summed E-state index contributed by atoms with van der Waals surface area (Å²) in [6, 6.07) is -0.0110. The molecule has 0 saturated carbocycles. The summed E-state index contributed by atoms with van der Waals surface area (Å²) < 4.78 is 28.3. The van der Waals surface area contributed by atoms with Crippen molar-refractivity contribution in [1.82, 2.24) is 19.0 Å². The molecule has 2 rings (SSSR count). The summed E-state index contributed by atoms with van der Waals surface area (Å²) in [6.45, 7) is 4.25. The first kappa shape index (κ1) is 15.3. The van der Waals surface area contributed by atoms with E-state index in [2.05, 4.69) is 10.00 Å². The molecule has 114 valence electrons. The minimum atomic E-state index is -3.58. The summed E-state index contributed by atoms with van der Waals surface area (Å²) >= 11 is 0. The van der Waals surface area contributed by atoms with E-state index in [0.717, 1.165) is 25.9 Å². The lowest BCUT2D eigenvalue weighted by Gasteiger charge is -2.34. The van der Waals surface area contributed by atoms with E-state index < -0.39 is 10.0 Å². The van der Waals surface area contributed by atoms with Crippen molar-refractivity contribution in [2.45, 2.75) is 37.2 Å². The lowest BCUT2D eigenvalue weighted by Crippen LogP contribution is -2.47. The Morgan fingerprint density at radius 3 is 2.80 bits per heavy atom. The molecule has 8 heteroatoms. The number of aryl methyl sites for hydroxylation is 1. The van der Waals surface area contributed by atoms with E-state index in [0.29, 0.717) is 6.54 Å². The molecule has 0 amide bonds. The Bertz CT molecular complexity index is 568. The lowest BCUT2D eigenvalue weighted by molar-refractivity contribution is 0.187. The zero-order valence-corrected chi connectivity index (χ0v) is 13.1. The first-order chi connectivity index (χ1) is 9.36. The molecular weight excluding hydrogens is 278 g/mol. The number of nitrogen functional groups attached to an aromatic ring is 1. The van der Waals surface area contributed by atoms with Crippen molar-refractivity contribution < 1.29 is 8.42 Å². The van der Waals surface area contributed by atoms with Gasteiger partial charge in [-0.25, -0.2) is 8.42 Å². The molecule has 1 atom stereocenters. The van der Waals surface area contributed by atoms with Crippen LogP contribution in [0.3, 0.4) is 0 Å². The monoisotopic (exact) mass is 301 g/mol. The minimum absolute atomic E-state index is 0.0110. The second-order valence-electron chi connectivity index (χ2n) is 5.31. The predicted octanol–water partition coefficient (Wildman–Crippen LogP) is 0.200. The van der Waals surface area contributed by atoms with Crippen molar-refractivity contribution in [2.75, 3.05) is 32.9 Å². The quantitative estimate of drug-likeness (QED) is 0.859. The fraction of sp³-hybridized carbons (Fsp3) is 0.750. The maximum absolute atomic E-state index is 12.7. The highest BCUT2D eigenvalue weighted by Gasteiger charge is 2.33. The second-order valence-corrected chi connectivity index (χ2v) is 7.28. The lowest BCUT2D eigenvalue weighted by atomic mass is 10.1. The van der Waals surface area contributed by atoms with Crippen LogP contribution in [0.1, 0.15) is 19.8 Å². The number of nitrogens with zero attached hydrogens (tertiary/aromatic N) is 4. The number of hydrogen-bond acceptors (Lipinski definition) is 5. The number of aromatic nitrogens is 2. The molecule has 7 nitrogen and oxygen atoms in total. The number of nitrogens with two attached hydrogens (primary N) is 1. The molecule has 0 spiro atoms. The van der Waals surface area contributed by atoms with Gasteiger partial charge in [-0.05, 0) is 33.4 Å². The summed E-state index contributed by atoms with van der Waals surface area (Å²) in [6.07, 6.45) is 3.39. The largest absolute Gasteiger partial charge is 0.381 e.